The topological polar surface area (TPSA) is 77.8 Å². The van der Waals surface area contributed by atoms with E-state index in [0.29, 0.717) is 12.8 Å². The average Bonchev–Trinajstić information content (AvgIpc) is 2.87. The van der Waals surface area contributed by atoms with Crippen LogP contribution in [0.4, 0.5) is 0 Å². The van der Waals surface area contributed by atoms with Crippen molar-refractivity contribution in [2.75, 3.05) is 0 Å². The summed E-state index contributed by atoms with van der Waals surface area (Å²) < 4.78 is 0. The lowest BCUT2D eigenvalue weighted by Gasteiger charge is -2.45. The molecule has 0 spiro atoms. The van der Waals surface area contributed by atoms with E-state index in [-0.39, 0.29) is 35.2 Å². The molecule has 0 radical (unpaired) electrons. The van der Waals surface area contributed by atoms with Gasteiger partial charge >= 0.3 is 5.97 Å². The Morgan fingerprint density at radius 3 is 2.57 bits per heavy atom. The molecule has 2 rings (SSSR count). The number of alkyl halides is 1. The largest absolute Gasteiger partial charge is 0.481 e. The number of aliphatic hydroxyl groups excluding tert-OH is 2. The Hall–Kier alpha value is -0.580. The van der Waals surface area contributed by atoms with Crippen molar-refractivity contribution in [2.45, 2.75) is 108 Å². The number of carboxylic acids is 1. The van der Waals surface area contributed by atoms with Crippen LogP contribution in [0.25, 0.3) is 0 Å². The minimum absolute atomic E-state index is 0.00772. The van der Waals surface area contributed by atoms with Gasteiger partial charge in [0, 0.05) is 17.7 Å². The summed E-state index contributed by atoms with van der Waals surface area (Å²) in [6.45, 7) is 2.18. The minimum atomic E-state index is -0.727. The van der Waals surface area contributed by atoms with Gasteiger partial charge in [-0.3, -0.25) is 4.79 Å². The lowest BCUT2D eigenvalue weighted by Crippen LogP contribution is -2.41. The molecular formula is C23H39ClO4. The number of rotatable bonds is 13. The molecule has 0 aliphatic heterocycles. The van der Waals surface area contributed by atoms with Crippen molar-refractivity contribution in [3.05, 3.63) is 12.2 Å². The van der Waals surface area contributed by atoms with Gasteiger partial charge in [-0.2, -0.15) is 0 Å². The number of hydrogen-bond acceptors (Lipinski definition) is 3. The number of halogens is 1. The van der Waals surface area contributed by atoms with Crippen LogP contribution in [0.3, 0.4) is 0 Å². The molecular weight excluding hydrogens is 376 g/mol. The second kappa shape index (κ2) is 11.6. The maximum atomic E-state index is 10.7. The summed E-state index contributed by atoms with van der Waals surface area (Å²) in [4.78, 5) is 10.6. The van der Waals surface area contributed by atoms with Gasteiger partial charge < -0.3 is 15.3 Å². The number of hydrogen-bond donors (Lipinski definition) is 3. The summed E-state index contributed by atoms with van der Waals surface area (Å²) >= 11 is 6.52. The second-order valence-corrected chi connectivity index (χ2v) is 9.61. The first kappa shape index (κ1) is 23.7. The zero-order valence-electron chi connectivity index (χ0n) is 17.4. The molecule has 0 amide bonds. The monoisotopic (exact) mass is 414 g/mol. The zero-order chi connectivity index (χ0) is 20.6. The molecule has 0 aromatic rings. The van der Waals surface area contributed by atoms with E-state index in [0.717, 1.165) is 57.8 Å². The van der Waals surface area contributed by atoms with Gasteiger partial charge in [0.15, 0.2) is 0 Å². The molecule has 0 aromatic heterocycles. The Morgan fingerprint density at radius 2 is 1.96 bits per heavy atom. The van der Waals surface area contributed by atoms with Crippen LogP contribution in [0.2, 0.25) is 0 Å². The number of unbranched alkanes of at least 4 members (excludes halogenated alkanes) is 3. The SMILES string of the molecule is CCCC1(C(O)C/C=C/[C@@H]2[C@@H](CCCCCCC(=O)O)[C@H](Cl)C[C@H]2O)CCC1. The standard InChI is InChI=1S/C23H39ClO4/c1-2-13-23(14-8-15-23)21(26)11-7-10-18-17(19(24)16-20(18)25)9-5-3-4-6-12-22(27)28/h7,10,17-21,25-26H,2-6,8-9,11-16H2,1H3,(H,27,28)/b10-7+/t17-,18-,19-,20-,21?/m1/s1. The molecule has 0 saturated heterocycles. The highest BCUT2D eigenvalue weighted by atomic mass is 35.5. The Kier molecular flexibility index (Phi) is 9.79. The van der Waals surface area contributed by atoms with Gasteiger partial charge in [0.1, 0.15) is 0 Å². The zero-order valence-corrected chi connectivity index (χ0v) is 18.1. The first-order chi connectivity index (χ1) is 13.4. The van der Waals surface area contributed by atoms with Gasteiger partial charge in [0.05, 0.1) is 12.2 Å². The van der Waals surface area contributed by atoms with Gasteiger partial charge in [0.2, 0.25) is 0 Å². The van der Waals surface area contributed by atoms with E-state index in [1.165, 1.54) is 6.42 Å². The summed E-state index contributed by atoms with van der Waals surface area (Å²) in [5, 5.41) is 29.8. The Bertz CT molecular complexity index is 503. The van der Waals surface area contributed by atoms with E-state index in [9.17, 15) is 15.0 Å². The summed E-state index contributed by atoms with van der Waals surface area (Å²) in [7, 11) is 0. The molecule has 0 heterocycles. The van der Waals surface area contributed by atoms with Crippen molar-refractivity contribution >= 4 is 17.6 Å². The fraction of sp³-hybridized carbons (Fsp3) is 0.870. The van der Waals surface area contributed by atoms with Crippen LogP contribution < -0.4 is 0 Å². The normalized spacial score (nSPS) is 30.4. The molecule has 162 valence electrons. The van der Waals surface area contributed by atoms with Gasteiger partial charge in [-0.1, -0.05) is 51.2 Å². The molecule has 0 aromatic carbocycles. The highest BCUT2D eigenvalue weighted by Crippen LogP contribution is 2.48. The summed E-state index contributed by atoms with van der Waals surface area (Å²) in [5.41, 5.74) is 0.123. The molecule has 28 heavy (non-hydrogen) atoms. The lowest BCUT2D eigenvalue weighted by atomic mass is 9.62. The van der Waals surface area contributed by atoms with E-state index in [2.05, 4.69) is 19.1 Å². The molecule has 1 unspecified atom stereocenters. The van der Waals surface area contributed by atoms with Gasteiger partial charge in [0.25, 0.3) is 0 Å². The fourth-order valence-electron chi connectivity index (χ4n) is 5.24. The molecule has 2 fully saturated rings. The first-order valence-corrected chi connectivity index (χ1v) is 11.7. The highest BCUT2D eigenvalue weighted by molar-refractivity contribution is 6.21. The number of aliphatic hydroxyl groups is 2. The summed E-state index contributed by atoms with van der Waals surface area (Å²) in [6.07, 6.45) is 15.4. The van der Waals surface area contributed by atoms with Crippen molar-refractivity contribution in [3.63, 3.8) is 0 Å². The maximum absolute atomic E-state index is 10.7. The highest BCUT2D eigenvalue weighted by Gasteiger charge is 2.42. The van der Waals surface area contributed by atoms with Gasteiger partial charge in [-0.05, 0) is 56.3 Å². The number of carbonyl (C=O) groups is 1. The van der Waals surface area contributed by atoms with E-state index in [4.69, 9.17) is 16.7 Å². The molecule has 5 atom stereocenters. The van der Waals surface area contributed by atoms with Crippen molar-refractivity contribution in [1.82, 2.24) is 0 Å². The molecule has 2 aliphatic carbocycles. The molecule has 2 aliphatic rings. The second-order valence-electron chi connectivity index (χ2n) is 9.05. The Morgan fingerprint density at radius 1 is 1.25 bits per heavy atom. The van der Waals surface area contributed by atoms with Crippen LogP contribution >= 0.6 is 11.6 Å². The van der Waals surface area contributed by atoms with Crippen molar-refractivity contribution in [1.29, 1.82) is 0 Å². The fourth-order valence-corrected chi connectivity index (χ4v) is 5.71. The van der Waals surface area contributed by atoms with Crippen LogP contribution in [-0.4, -0.2) is 38.9 Å². The number of aliphatic carboxylic acids is 1. The lowest BCUT2D eigenvalue weighted by molar-refractivity contribution is -0.137. The van der Waals surface area contributed by atoms with Crippen LogP contribution in [0, 0.1) is 17.3 Å². The van der Waals surface area contributed by atoms with E-state index in [1.54, 1.807) is 0 Å². The van der Waals surface area contributed by atoms with E-state index in [1.807, 2.05) is 0 Å². The molecule has 4 nitrogen and oxygen atoms in total. The molecule has 3 N–H and O–H groups in total. The van der Waals surface area contributed by atoms with Crippen LogP contribution in [0.5, 0.6) is 0 Å². The first-order valence-electron chi connectivity index (χ1n) is 11.3. The van der Waals surface area contributed by atoms with Crippen LogP contribution in [0.15, 0.2) is 12.2 Å². The summed E-state index contributed by atoms with van der Waals surface area (Å²) in [5.74, 6) is -0.398. The third-order valence-electron chi connectivity index (χ3n) is 7.07. The predicted molar refractivity (Wildman–Crippen MR) is 114 cm³/mol. The van der Waals surface area contributed by atoms with E-state index >= 15 is 0 Å². The Balaban J connectivity index is 1.79. The molecule has 5 heteroatoms. The maximum Gasteiger partial charge on any atom is 0.303 e. The third-order valence-corrected chi connectivity index (χ3v) is 7.57. The van der Waals surface area contributed by atoms with Gasteiger partial charge in [-0.25, -0.2) is 0 Å². The minimum Gasteiger partial charge on any atom is -0.481 e. The Labute approximate surface area is 175 Å². The summed E-state index contributed by atoms with van der Waals surface area (Å²) in [6, 6.07) is 0. The van der Waals surface area contributed by atoms with Crippen LogP contribution in [0.1, 0.15) is 90.4 Å². The smallest absolute Gasteiger partial charge is 0.303 e. The molecule has 0 bridgehead atoms. The van der Waals surface area contributed by atoms with Crippen LogP contribution in [-0.2, 0) is 4.79 Å². The predicted octanol–water partition coefficient (Wildman–Crippen LogP) is 5.29. The van der Waals surface area contributed by atoms with E-state index < -0.39 is 12.1 Å². The number of carboxylic acid groups (broad SMARTS) is 1. The van der Waals surface area contributed by atoms with Crippen molar-refractivity contribution < 1.29 is 20.1 Å². The van der Waals surface area contributed by atoms with Crippen molar-refractivity contribution in [2.24, 2.45) is 17.3 Å². The average molecular weight is 415 g/mol. The third kappa shape index (κ3) is 6.47. The quantitative estimate of drug-likeness (QED) is 0.217. The van der Waals surface area contributed by atoms with Crippen molar-refractivity contribution in [3.8, 4) is 0 Å². The van der Waals surface area contributed by atoms with Gasteiger partial charge in [-0.15, -0.1) is 11.6 Å². The molecule has 2 saturated carbocycles.